The molecule has 3 rings (SSSR count). The van der Waals surface area contributed by atoms with E-state index in [2.05, 4.69) is 20.7 Å². The van der Waals surface area contributed by atoms with Crippen molar-refractivity contribution < 1.29 is 14.3 Å². The summed E-state index contributed by atoms with van der Waals surface area (Å²) in [5.74, 6) is -0.515. The molecule has 1 aromatic heterocycles. The van der Waals surface area contributed by atoms with Gasteiger partial charge < -0.3 is 10.1 Å². The van der Waals surface area contributed by atoms with Gasteiger partial charge in [-0.15, -0.1) is 10.2 Å². The Kier molecular flexibility index (Phi) is 6.84. The van der Waals surface area contributed by atoms with Crippen LogP contribution in [0.3, 0.4) is 0 Å². The summed E-state index contributed by atoms with van der Waals surface area (Å²) in [6.45, 7) is -0.0120. The number of nitrogens with one attached hydrogen (secondary N) is 1. The first-order chi connectivity index (χ1) is 13.7. The fourth-order valence-electron chi connectivity index (χ4n) is 2.54. The molecule has 144 valence electrons. The predicted molar refractivity (Wildman–Crippen MR) is 102 cm³/mol. The summed E-state index contributed by atoms with van der Waals surface area (Å²) >= 11 is 0. The van der Waals surface area contributed by atoms with Gasteiger partial charge in [0.15, 0.2) is 13.2 Å². The van der Waals surface area contributed by atoms with Gasteiger partial charge in [-0.3, -0.25) is 4.79 Å². The lowest BCUT2D eigenvalue weighted by molar-refractivity contribution is -0.149. The van der Waals surface area contributed by atoms with Gasteiger partial charge in [0.1, 0.15) is 0 Å². The van der Waals surface area contributed by atoms with E-state index < -0.39 is 5.97 Å². The topological polar surface area (TPSA) is 99.0 Å². The molecule has 0 saturated heterocycles. The van der Waals surface area contributed by atoms with Crippen molar-refractivity contribution in [2.24, 2.45) is 0 Å². The molecule has 1 heterocycles. The van der Waals surface area contributed by atoms with E-state index in [4.69, 9.17) is 4.74 Å². The summed E-state index contributed by atoms with van der Waals surface area (Å²) in [5, 5.41) is 14.6. The van der Waals surface area contributed by atoms with Gasteiger partial charge in [0.25, 0.3) is 5.91 Å². The minimum atomic E-state index is -0.601. The monoisotopic (exact) mass is 379 g/mol. The summed E-state index contributed by atoms with van der Waals surface area (Å²) in [5.41, 5.74) is 2.02. The first-order valence-corrected chi connectivity index (χ1v) is 9.00. The molecule has 2 aromatic carbocycles. The van der Waals surface area contributed by atoms with E-state index >= 15 is 0 Å². The Morgan fingerprint density at radius 1 is 1.00 bits per heavy atom. The second kappa shape index (κ2) is 9.96. The second-order valence-corrected chi connectivity index (χ2v) is 6.11. The lowest BCUT2D eigenvalue weighted by Crippen LogP contribution is -2.30. The Labute approximate surface area is 162 Å². The van der Waals surface area contributed by atoms with Crippen LogP contribution in [0.4, 0.5) is 0 Å². The zero-order valence-electron chi connectivity index (χ0n) is 15.3. The minimum Gasteiger partial charge on any atom is -0.454 e. The van der Waals surface area contributed by atoms with Crippen molar-refractivity contribution in [1.82, 2.24) is 25.5 Å². The standard InChI is InChI=1S/C20H21N5O3/c26-18(21-13-7-10-16-8-3-1-4-9-16)15-28-19(27)14-25-23-20(22-24-25)17-11-5-2-6-12-17/h1-6,8-9,11-12H,7,10,13-15H2,(H,21,26). The molecule has 1 N–H and O–H groups in total. The predicted octanol–water partition coefficient (Wildman–Crippen LogP) is 1.63. The average molecular weight is 379 g/mol. The van der Waals surface area contributed by atoms with Crippen molar-refractivity contribution in [2.45, 2.75) is 19.4 Å². The van der Waals surface area contributed by atoms with E-state index in [1.807, 2.05) is 60.7 Å². The molecule has 0 fully saturated rings. The van der Waals surface area contributed by atoms with Gasteiger partial charge in [-0.2, -0.15) is 4.80 Å². The quantitative estimate of drug-likeness (QED) is 0.448. The van der Waals surface area contributed by atoms with E-state index in [0.29, 0.717) is 12.4 Å². The number of rotatable bonds is 9. The van der Waals surface area contributed by atoms with Crippen LogP contribution in [0, 0.1) is 0 Å². The highest BCUT2D eigenvalue weighted by atomic mass is 16.5. The third-order valence-electron chi connectivity index (χ3n) is 3.93. The average Bonchev–Trinajstić information content (AvgIpc) is 3.19. The largest absolute Gasteiger partial charge is 0.454 e. The Balaban J connectivity index is 1.34. The number of carbonyl (C=O) groups is 2. The maximum Gasteiger partial charge on any atom is 0.330 e. The first kappa shape index (κ1) is 19.2. The van der Waals surface area contributed by atoms with E-state index in [1.54, 1.807) is 0 Å². The van der Waals surface area contributed by atoms with Gasteiger partial charge in [0.2, 0.25) is 5.82 Å². The molecule has 0 unspecified atom stereocenters. The summed E-state index contributed by atoms with van der Waals surface area (Å²) < 4.78 is 4.96. The van der Waals surface area contributed by atoms with Crippen molar-refractivity contribution in [3.05, 3.63) is 66.2 Å². The summed E-state index contributed by atoms with van der Waals surface area (Å²) in [7, 11) is 0. The van der Waals surface area contributed by atoms with Crippen LogP contribution in [0.5, 0.6) is 0 Å². The van der Waals surface area contributed by atoms with Crippen LogP contribution < -0.4 is 5.32 Å². The molecule has 8 heteroatoms. The van der Waals surface area contributed by atoms with Crippen molar-refractivity contribution in [3.8, 4) is 11.4 Å². The molecule has 8 nitrogen and oxygen atoms in total. The third kappa shape index (κ3) is 6.01. The Morgan fingerprint density at radius 2 is 1.71 bits per heavy atom. The van der Waals surface area contributed by atoms with Crippen molar-refractivity contribution >= 4 is 11.9 Å². The Hall–Kier alpha value is -3.55. The molecule has 0 atom stereocenters. The van der Waals surface area contributed by atoms with Gasteiger partial charge in [-0.05, 0) is 23.6 Å². The molecule has 0 saturated carbocycles. The van der Waals surface area contributed by atoms with Crippen LogP contribution in [0.2, 0.25) is 0 Å². The van der Waals surface area contributed by atoms with Crippen LogP contribution >= 0.6 is 0 Å². The summed E-state index contributed by atoms with van der Waals surface area (Å²) in [6, 6.07) is 19.3. The Bertz CT molecular complexity index is 896. The first-order valence-electron chi connectivity index (χ1n) is 9.00. The normalized spacial score (nSPS) is 10.4. The van der Waals surface area contributed by atoms with Crippen LogP contribution in [0.25, 0.3) is 11.4 Å². The number of ether oxygens (including phenoxy) is 1. The molecule has 1 amide bonds. The number of carbonyl (C=O) groups excluding carboxylic acids is 2. The molecular formula is C20H21N5O3. The minimum absolute atomic E-state index is 0.207. The van der Waals surface area contributed by atoms with Crippen LogP contribution in [0.1, 0.15) is 12.0 Å². The summed E-state index contributed by atoms with van der Waals surface area (Å²) in [6.07, 6.45) is 1.69. The SMILES string of the molecule is O=C(COC(=O)Cn1nnc(-c2ccccc2)n1)NCCCc1ccccc1. The molecule has 0 spiro atoms. The molecule has 0 radical (unpaired) electrons. The number of hydrogen-bond acceptors (Lipinski definition) is 6. The number of esters is 1. The van der Waals surface area contributed by atoms with Gasteiger partial charge in [0, 0.05) is 12.1 Å². The number of amides is 1. The van der Waals surface area contributed by atoms with E-state index in [9.17, 15) is 9.59 Å². The molecule has 0 aliphatic carbocycles. The van der Waals surface area contributed by atoms with Gasteiger partial charge in [0.05, 0.1) is 0 Å². The maximum absolute atomic E-state index is 11.8. The highest BCUT2D eigenvalue weighted by molar-refractivity contribution is 5.80. The lowest BCUT2D eigenvalue weighted by Gasteiger charge is -2.06. The van der Waals surface area contributed by atoms with Gasteiger partial charge in [-0.25, -0.2) is 4.79 Å². The lowest BCUT2D eigenvalue weighted by atomic mass is 10.1. The molecule has 0 aliphatic heterocycles. The van der Waals surface area contributed by atoms with E-state index in [-0.39, 0.29) is 19.1 Å². The van der Waals surface area contributed by atoms with Crippen molar-refractivity contribution in [3.63, 3.8) is 0 Å². The van der Waals surface area contributed by atoms with Gasteiger partial charge >= 0.3 is 5.97 Å². The number of hydrogen-bond donors (Lipinski definition) is 1. The molecule has 3 aromatic rings. The number of aryl methyl sites for hydroxylation is 1. The second-order valence-electron chi connectivity index (χ2n) is 6.11. The third-order valence-corrected chi connectivity index (χ3v) is 3.93. The zero-order valence-corrected chi connectivity index (χ0v) is 15.3. The van der Waals surface area contributed by atoms with E-state index in [1.165, 1.54) is 5.56 Å². The number of nitrogens with zero attached hydrogens (tertiary/aromatic N) is 4. The fraction of sp³-hybridized carbons (Fsp3) is 0.250. The smallest absolute Gasteiger partial charge is 0.330 e. The Morgan fingerprint density at radius 3 is 2.46 bits per heavy atom. The van der Waals surface area contributed by atoms with Crippen LogP contribution in [-0.2, 0) is 27.3 Å². The van der Waals surface area contributed by atoms with Crippen molar-refractivity contribution in [1.29, 1.82) is 0 Å². The molecule has 0 bridgehead atoms. The molecular weight excluding hydrogens is 358 g/mol. The molecule has 0 aliphatic rings. The molecule has 28 heavy (non-hydrogen) atoms. The highest BCUT2D eigenvalue weighted by Crippen LogP contribution is 2.11. The van der Waals surface area contributed by atoms with Crippen LogP contribution in [0.15, 0.2) is 60.7 Å². The van der Waals surface area contributed by atoms with Crippen LogP contribution in [-0.4, -0.2) is 45.2 Å². The zero-order chi connectivity index (χ0) is 19.6. The number of benzene rings is 2. The van der Waals surface area contributed by atoms with E-state index in [0.717, 1.165) is 23.2 Å². The fourth-order valence-corrected chi connectivity index (χ4v) is 2.54. The van der Waals surface area contributed by atoms with Crippen molar-refractivity contribution in [2.75, 3.05) is 13.2 Å². The highest BCUT2D eigenvalue weighted by Gasteiger charge is 2.11. The number of aromatic nitrogens is 4. The maximum atomic E-state index is 11.8. The van der Waals surface area contributed by atoms with Gasteiger partial charge in [-0.1, -0.05) is 60.7 Å². The summed E-state index contributed by atoms with van der Waals surface area (Å²) in [4.78, 5) is 24.7. The number of tetrazole rings is 1.